The zero-order valence-electron chi connectivity index (χ0n) is 22.1. The number of Topliss-reactive ketones (excluding diaryl/α,β-unsaturated/α-hetero) is 1. The Morgan fingerprint density at radius 1 is 1.24 bits per heavy atom. The number of hydrogen-bond donors (Lipinski definition) is 0. The van der Waals surface area contributed by atoms with E-state index in [9.17, 15) is 14.9 Å². The molecule has 0 bridgehead atoms. The smallest absolute Gasteiger partial charge is 0.225 e. The van der Waals surface area contributed by atoms with E-state index in [0.29, 0.717) is 51.9 Å². The lowest BCUT2D eigenvalue weighted by molar-refractivity contribution is -0.581. The van der Waals surface area contributed by atoms with Crippen LogP contribution in [0.1, 0.15) is 78.2 Å². The fourth-order valence-electron chi connectivity index (χ4n) is 4.93. The molecule has 0 amide bonds. The summed E-state index contributed by atoms with van der Waals surface area (Å²) in [6.45, 7) is 14.5. The Hall–Kier alpha value is -1.57. The second-order valence-corrected chi connectivity index (χ2v) is 16.4. The van der Waals surface area contributed by atoms with Crippen LogP contribution >= 0.6 is 0 Å². The van der Waals surface area contributed by atoms with E-state index < -0.39 is 13.9 Å². The number of rotatable bonds is 14. The van der Waals surface area contributed by atoms with E-state index in [0.717, 1.165) is 18.4 Å². The van der Waals surface area contributed by atoms with Gasteiger partial charge in [0, 0.05) is 43.1 Å². The summed E-state index contributed by atoms with van der Waals surface area (Å²) in [6, 6.07) is 9.99. The second-order valence-electron chi connectivity index (χ2n) is 11.6. The molecule has 0 saturated heterocycles. The summed E-state index contributed by atoms with van der Waals surface area (Å²) < 4.78 is 12.0. The summed E-state index contributed by atoms with van der Waals surface area (Å²) in [5.41, 5.74) is 0.172. The fourth-order valence-corrected chi connectivity index (χ4v) is 5.98. The van der Waals surface area contributed by atoms with Gasteiger partial charge in [0.25, 0.3) is 0 Å². The van der Waals surface area contributed by atoms with Crippen LogP contribution in [0.25, 0.3) is 0 Å². The first-order chi connectivity index (χ1) is 15.9. The molecule has 1 aromatic rings. The van der Waals surface area contributed by atoms with Gasteiger partial charge >= 0.3 is 0 Å². The maximum atomic E-state index is 12.5. The van der Waals surface area contributed by atoms with Crippen LogP contribution in [0.4, 0.5) is 0 Å². The van der Waals surface area contributed by atoms with Crippen molar-refractivity contribution in [2.24, 2.45) is 11.8 Å². The van der Waals surface area contributed by atoms with Crippen LogP contribution < -0.4 is 0 Å². The van der Waals surface area contributed by atoms with Crippen molar-refractivity contribution in [1.29, 1.82) is 0 Å². The van der Waals surface area contributed by atoms with E-state index in [1.165, 1.54) is 0 Å². The molecule has 0 aromatic heterocycles. The monoisotopic (exact) mass is 491 g/mol. The van der Waals surface area contributed by atoms with Crippen LogP contribution in [0.3, 0.4) is 0 Å². The molecule has 2 rings (SSSR count). The lowest BCUT2D eigenvalue weighted by Gasteiger charge is -2.36. The molecular formula is C27H45NO5Si. The third-order valence-electron chi connectivity index (χ3n) is 8.07. The summed E-state index contributed by atoms with van der Waals surface area (Å²) in [7, 11) is -1.86. The lowest BCUT2D eigenvalue weighted by atomic mass is 9.76. The molecule has 1 aliphatic rings. The van der Waals surface area contributed by atoms with Gasteiger partial charge in [-0.05, 0) is 48.9 Å². The van der Waals surface area contributed by atoms with E-state index in [2.05, 4.69) is 40.8 Å². The number of carbonyl (C=O) groups is 1. The second kappa shape index (κ2) is 12.4. The Bertz CT molecular complexity index is 792. The third kappa shape index (κ3) is 7.72. The Balaban J connectivity index is 1.83. The van der Waals surface area contributed by atoms with Crippen LogP contribution in [0, 0.1) is 22.0 Å². The van der Waals surface area contributed by atoms with E-state index in [1.54, 1.807) is 0 Å². The number of ether oxygens (including phenoxy) is 1. The van der Waals surface area contributed by atoms with Crippen LogP contribution in [0.5, 0.6) is 0 Å². The molecule has 7 heteroatoms. The largest absolute Gasteiger partial charge is 0.416 e. The van der Waals surface area contributed by atoms with Gasteiger partial charge in [0.2, 0.25) is 5.54 Å². The first-order valence-electron chi connectivity index (χ1n) is 12.8. The first-order valence-corrected chi connectivity index (χ1v) is 15.7. The van der Waals surface area contributed by atoms with Gasteiger partial charge in [0.15, 0.2) is 8.32 Å². The van der Waals surface area contributed by atoms with Crippen LogP contribution in [-0.2, 0) is 20.6 Å². The zero-order chi connectivity index (χ0) is 25.4. The molecule has 6 nitrogen and oxygen atoms in total. The Morgan fingerprint density at radius 2 is 1.91 bits per heavy atom. The average Bonchev–Trinajstić information content (AvgIpc) is 3.19. The molecule has 192 valence electrons. The molecule has 0 N–H and O–H groups in total. The number of benzene rings is 1. The van der Waals surface area contributed by atoms with Gasteiger partial charge in [-0.3, -0.25) is 14.9 Å². The van der Waals surface area contributed by atoms with Crippen molar-refractivity contribution < 1.29 is 18.9 Å². The van der Waals surface area contributed by atoms with E-state index in [-0.39, 0.29) is 27.6 Å². The van der Waals surface area contributed by atoms with Gasteiger partial charge in [0.05, 0.1) is 13.2 Å². The summed E-state index contributed by atoms with van der Waals surface area (Å²) in [5.74, 6) is 0.228. The number of nitrogens with zero attached hydrogens (tertiary/aromatic N) is 1. The Kier molecular flexibility index (Phi) is 10.5. The minimum absolute atomic E-state index is 0.0182. The number of ketones is 1. The van der Waals surface area contributed by atoms with Crippen molar-refractivity contribution in [3.8, 4) is 0 Å². The van der Waals surface area contributed by atoms with Crippen LogP contribution in [0.15, 0.2) is 30.3 Å². The molecule has 1 aromatic carbocycles. The maximum Gasteiger partial charge on any atom is 0.225 e. The van der Waals surface area contributed by atoms with Gasteiger partial charge < -0.3 is 9.16 Å². The van der Waals surface area contributed by atoms with Gasteiger partial charge in [-0.1, -0.05) is 58.0 Å². The van der Waals surface area contributed by atoms with Gasteiger partial charge in [-0.2, -0.15) is 0 Å². The SMILES string of the molecule is C[C@@H](COCc1ccccc1)[C@H]1CCC[C@@]1(CCCC(=O)CCO[Si](C)(C)C(C)(C)C)[N+](=O)[O-]. The highest BCUT2D eigenvalue weighted by Crippen LogP contribution is 2.46. The molecule has 1 saturated carbocycles. The highest BCUT2D eigenvalue weighted by Gasteiger charge is 2.54. The van der Waals surface area contributed by atoms with Crippen molar-refractivity contribution in [2.75, 3.05) is 13.2 Å². The fraction of sp³-hybridized carbons (Fsp3) is 0.741. The van der Waals surface area contributed by atoms with E-state index in [1.807, 2.05) is 30.3 Å². The number of carbonyl (C=O) groups excluding carboxylic acids is 1. The molecule has 0 spiro atoms. The molecule has 34 heavy (non-hydrogen) atoms. The molecule has 0 radical (unpaired) electrons. The minimum Gasteiger partial charge on any atom is -0.416 e. The van der Waals surface area contributed by atoms with Crippen molar-refractivity contribution in [1.82, 2.24) is 0 Å². The summed E-state index contributed by atoms with van der Waals surface area (Å²) in [4.78, 5) is 24.7. The molecule has 0 heterocycles. The van der Waals surface area contributed by atoms with E-state index in [4.69, 9.17) is 9.16 Å². The molecule has 0 aliphatic heterocycles. The third-order valence-corrected chi connectivity index (χ3v) is 12.6. The van der Waals surface area contributed by atoms with Crippen molar-refractivity contribution >= 4 is 14.1 Å². The van der Waals surface area contributed by atoms with E-state index >= 15 is 0 Å². The maximum absolute atomic E-state index is 12.5. The summed E-state index contributed by atoms with van der Waals surface area (Å²) in [5, 5.41) is 12.4. The molecular weight excluding hydrogens is 446 g/mol. The van der Waals surface area contributed by atoms with Crippen molar-refractivity contribution in [3.05, 3.63) is 46.0 Å². The minimum atomic E-state index is -1.86. The highest BCUT2D eigenvalue weighted by molar-refractivity contribution is 6.74. The lowest BCUT2D eigenvalue weighted by Crippen LogP contribution is -2.45. The van der Waals surface area contributed by atoms with Crippen molar-refractivity contribution in [2.45, 2.75) is 103 Å². The zero-order valence-corrected chi connectivity index (χ0v) is 23.1. The predicted octanol–water partition coefficient (Wildman–Crippen LogP) is 6.81. The highest BCUT2D eigenvalue weighted by atomic mass is 28.4. The average molecular weight is 492 g/mol. The van der Waals surface area contributed by atoms with Crippen LogP contribution in [0.2, 0.25) is 18.1 Å². The summed E-state index contributed by atoms with van der Waals surface area (Å²) in [6.07, 6.45) is 4.12. The Morgan fingerprint density at radius 3 is 2.53 bits per heavy atom. The first kappa shape index (κ1) is 28.7. The predicted molar refractivity (Wildman–Crippen MR) is 139 cm³/mol. The quantitative estimate of drug-likeness (QED) is 0.162. The standard InChI is InChI=1S/C27H45NO5Si/c1-22(20-32-21-23-12-8-7-9-13-23)25-15-11-18-27(25,28(30)31)17-10-14-24(29)16-19-33-34(5,6)26(2,3)4/h7-9,12-13,22,25H,10-11,14-21H2,1-6H3/t22-,25+,27+/m0/s1. The normalized spacial score (nSPS) is 22.0. The molecule has 0 unspecified atom stereocenters. The van der Waals surface area contributed by atoms with Crippen molar-refractivity contribution in [3.63, 3.8) is 0 Å². The van der Waals surface area contributed by atoms with Gasteiger partial charge in [-0.25, -0.2) is 0 Å². The number of nitro groups is 1. The molecule has 1 aliphatic carbocycles. The van der Waals surface area contributed by atoms with Crippen LogP contribution in [-0.4, -0.2) is 37.8 Å². The van der Waals surface area contributed by atoms with Gasteiger partial charge in [-0.15, -0.1) is 0 Å². The van der Waals surface area contributed by atoms with Gasteiger partial charge in [0.1, 0.15) is 5.78 Å². The molecule has 1 fully saturated rings. The number of hydrogen-bond acceptors (Lipinski definition) is 5. The topological polar surface area (TPSA) is 78.7 Å². The Labute approximate surface area is 207 Å². The summed E-state index contributed by atoms with van der Waals surface area (Å²) >= 11 is 0. The molecule has 3 atom stereocenters.